The number of hydrogen-bond acceptors (Lipinski definition) is 5. The van der Waals surface area contributed by atoms with E-state index in [1.807, 2.05) is 6.07 Å². The van der Waals surface area contributed by atoms with E-state index in [0.717, 1.165) is 31.9 Å². The first-order valence-corrected chi connectivity index (χ1v) is 5.15. The number of hydrogen-bond donors (Lipinski definition) is 2. The minimum atomic E-state index is 0.691. The number of aromatic nitrogens is 1. The van der Waals surface area contributed by atoms with E-state index in [4.69, 9.17) is 5.73 Å². The minimum absolute atomic E-state index is 0.691. The normalized spacial score (nSPS) is 19.0. The van der Waals surface area contributed by atoms with Crippen molar-refractivity contribution in [1.29, 1.82) is 0 Å². The molecule has 0 aliphatic carbocycles. The summed E-state index contributed by atoms with van der Waals surface area (Å²) >= 11 is 0. The lowest BCUT2D eigenvalue weighted by Crippen LogP contribution is -2.47. The van der Waals surface area contributed by atoms with Crippen molar-refractivity contribution in [3.8, 4) is 0 Å². The molecule has 1 aromatic rings. The summed E-state index contributed by atoms with van der Waals surface area (Å²) in [4.78, 5) is 6.27. The van der Waals surface area contributed by atoms with Gasteiger partial charge in [0.25, 0.3) is 0 Å². The minimum Gasteiger partial charge on any atom is -0.396 e. The van der Waals surface area contributed by atoms with Crippen LogP contribution in [-0.4, -0.2) is 48.1 Å². The topological polar surface area (TPSA) is 57.4 Å². The zero-order valence-electron chi connectivity index (χ0n) is 8.98. The summed E-state index contributed by atoms with van der Waals surface area (Å²) in [6.45, 7) is 4.19. The van der Waals surface area contributed by atoms with Crippen LogP contribution in [0.4, 0.5) is 11.4 Å². The smallest absolute Gasteiger partial charge is 0.0751 e. The third-order valence-corrected chi connectivity index (χ3v) is 2.63. The van der Waals surface area contributed by atoms with Crippen molar-refractivity contribution in [2.24, 2.45) is 0 Å². The summed E-state index contributed by atoms with van der Waals surface area (Å²) in [5, 5.41) is 2.19. The quantitative estimate of drug-likeness (QED) is 0.727. The first-order chi connectivity index (χ1) is 7.25. The van der Waals surface area contributed by atoms with Crippen molar-refractivity contribution in [2.45, 2.75) is 0 Å². The zero-order chi connectivity index (χ0) is 10.7. The van der Waals surface area contributed by atoms with Gasteiger partial charge < -0.3 is 16.1 Å². The highest BCUT2D eigenvalue weighted by Crippen LogP contribution is 2.16. The van der Waals surface area contributed by atoms with Crippen molar-refractivity contribution >= 4 is 11.4 Å². The Morgan fingerprint density at radius 2 is 2.07 bits per heavy atom. The molecule has 5 nitrogen and oxygen atoms in total. The molecule has 2 rings (SSSR count). The van der Waals surface area contributed by atoms with Crippen LogP contribution in [0, 0.1) is 0 Å². The molecule has 1 aliphatic rings. The molecule has 15 heavy (non-hydrogen) atoms. The number of rotatable bonds is 2. The lowest BCUT2D eigenvalue weighted by molar-refractivity contribution is 0.179. The van der Waals surface area contributed by atoms with Gasteiger partial charge in [-0.25, -0.2) is 5.01 Å². The molecule has 5 heteroatoms. The Morgan fingerprint density at radius 3 is 2.73 bits per heavy atom. The van der Waals surface area contributed by atoms with Crippen molar-refractivity contribution in [2.75, 3.05) is 44.4 Å². The third kappa shape index (κ3) is 2.57. The fourth-order valence-electron chi connectivity index (χ4n) is 1.60. The number of likely N-dealkylation sites (N-methyl/N-ethyl adjacent to an activating group) is 1. The van der Waals surface area contributed by atoms with Gasteiger partial charge >= 0.3 is 0 Å². The first-order valence-electron chi connectivity index (χ1n) is 5.15. The number of hydrazine groups is 1. The molecule has 1 aliphatic heterocycles. The molecule has 0 atom stereocenters. The number of nitrogen functional groups attached to an aromatic ring is 1. The van der Waals surface area contributed by atoms with Gasteiger partial charge in [-0.1, -0.05) is 0 Å². The Balaban J connectivity index is 1.95. The van der Waals surface area contributed by atoms with Gasteiger partial charge in [0.15, 0.2) is 0 Å². The molecule has 1 fully saturated rings. The molecule has 0 amide bonds. The maximum Gasteiger partial charge on any atom is 0.0751 e. The highest BCUT2D eigenvalue weighted by Gasteiger charge is 2.13. The number of nitrogens with zero attached hydrogens (tertiary/aromatic N) is 3. The largest absolute Gasteiger partial charge is 0.396 e. The summed E-state index contributed by atoms with van der Waals surface area (Å²) in [6, 6.07) is 1.90. The maximum atomic E-state index is 5.80. The van der Waals surface area contributed by atoms with Crippen molar-refractivity contribution in [3.05, 3.63) is 18.5 Å². The van der Waals surface area contributed by atoms with Crippen molar-refractivity contribution in [1.82, 2.24) is 14.9 Å². The average Bonchev–Trinajstić information content (AvgIpc) is 2.25. The highest BCUT2D eigenvalue weighted by atomic mass is 15.5. The number of piperazine rings is 1. The molecule has 0 bridgehead atoms. The second-order valence-electron chi connectivity index (χ2n) is 3.87. The molecule has 2 heterocycles. The van der Waals surface area contributed by atoms with E-state index in [9.17, 15) is 0 Å². The standard InChI is InChI=1S/C10H17N5/c1-14-4-6-15(7-5-14)13-10-2-3-12-8-9(10)11/h2-3,8H,4-7,11H2,1H3,(H,12,13). The maximum absolute atomic E-state index is 5.80. The van der Waals surface area contributed by atoms with Crippen LogP contribution in [0.15, 0.2) is 18.5 Å². The van der Waals surface area contributed by atoms with Gasteiger partial charge in [-0.05, 0) is 13.1 Å². The molecule has 1 saturated heterocycles. The number of pyridine rings is 1. The predicted octanol–water partition coefficient (Wildman–Crippen LogP) is 0.238. The van der Waals surface area contributed by atoms with E-state index in [1.54, 1.807) is 12.4 Å². The van der Waals surface area contributed by atoms with Crippen molar-refractivity contribution in [3.63, 3.8) is 0 Å². The van der Waals surface area contributed by atoms with E-state index in [1.165, 1.54) is 0 Å². The summed E-state index contributed by atoms with van der Waals surface area (Å²) in [7, 11) is 2.14. The molecule has 1 aromatic heterocycles. The predicted molar refractivity (Wildman–Crippen MR) is 61.3 cm³/mol. The zero-order valence-corrected chi connectivity index (χ0v) is 8.98. The van der Waals surface area contributed by atoms with Gasteiger partial charge in [-0.3, -0.25) is 4.98 Å². The molecule has 82 valence electrons. The number of nitrogens with two attached hydrogens (primary N) is 1. The lowest BCUT2D eigenvalue weighted by atomic mass is 10.3. The monoisotopic (exact) mass is 207 g/mol. The Bertz CT molecular complexity index is 319. The van der Waals surface area contributed by atoms with Crippen LogP contribution < -0.4 is 11.2 Å². The van der Waals surface area contributed by atoms with Gasteiger partial charge in [0.05, 0.1) is 17.6 Å². The SMILES string of the molecule is CN1CCN(Nc2ccncc2N)CC1. The van der Waals surface area contributed by atoms with Crippen LogP contribution in [0.3, 0.4) is 0 Å². The number of nitrogens with one attached hydrogen (secondary N) is 1. The van der Waals surface area contributed by atoms with E-state index >= 15 is 0 Å². The average molecular weight is 207 g/mol. The summed E-state index contributed by atoms with van der Waals surface area (Å²) in [5.41, 5.74) is 10.7. The van der Waals surface area contributed by atoms with Crippen LogP contribution in [0.5, 0.6) is 0 Å². The van der Waals surface area contributed by atoms with Crippen LogP contribution in [0.2, 0.25) is 0 Å². The molecular weight excluding hydrogens is 190 g/mol. The second kappa shape index (κ2) is 4.46. The van der Waals surface area contributed by atoms with Crippen LogP contribution in [-0.2, 0) is 0 Å². The lowest BCUT2D eigenvalue weighted by Gasteiger charge is -2.33. The Kier molecular flexibility index (Phi) is 3.03. The van der Waals surface area contributed by atoms with E-state index < -0.39 is 0 Å². The van der Waals surface area contributed by atoms with Gasteiger partial charge in [0, 0.05) is 32.4 Å². The first kappa shape index (κ1) is 10.2. The molecular formula is C10H17N5. The molecule has 0 saturated carbocycles. The summed E-state index contributed by atoms with van der Waals surface area (Å²) < 4.78 is 0. The van der Waals surface area contributed by atoms with E-state index in [0.29, 0.717) is 5.69 Å². The number of anilines is 2. The Labute approximate surface area is 89.8 Å². The summed E-state index contributed by atoms with van der Waals surface area (Å²) in [5.74, 6) is 0. The Hall–Kier alpha value is -1.33. The molecule has 3 N–H and O–H groups in total. The van der Waals surface area contributed by atoms with Crippen molar-refractivity contribution < 1.29 is 0 Å². The molecule has 0 unspecified atom stereocenters. The van der Waals surface area contributed by atoms with E-state index in [-0.39, 0.29) is 0 Å². The fraction of sp³-hybridized carbons (Fsp3) is 0.500. The summed E-state index contributed by atoms with van der Waals surface area (Å²) in [6.07, 6.45) is 3.41. The van der Waals surface area contributed by atoms with Gasteiger partial charge in [0.1, 0.15) is 0 Å². The molecule has 0 radical (unpaired) electrons. The van der Waals surface area contributed by atoms with Crippen LogP contribution >= 0.6 is 0 Å². The van der Waals surface area contributed by atoms with Gasteiger partial charge in [-0.15, -0.1) is 0 Å². The second-order valence-corrected chi connectivity index (χ2v) is 3.87. The highest BCUT2D eigenvalue weighted by molar-refractivity contribution is 5.63. The van der Waals surface area contributed by atoms with Crippen LogP contribution in [0.25, 0.3) is 0 Å². The van der Waals surface area contributed by atoms with Crippen LogP contribution in [0.1, 0.15) is 0 Å². The third-order valence-electron chi connectivity index (χ3n) is 2.63. The van der Waals surface area contributed by atoms with E-state index in [2.05, 4.69) is 27.4 Å². The Morgan fingerprint density at radius 1 is 1.33 bits per heavy atom. The molecule has 0 spiro atoms. The van der Waals surface area contributed by atoms with Gasteiger partial charge in [-0.2, -0.15) is 0 Å². The van der Waals surface area contributed by atoms with Gasteiger partial charge in [0.2, 0.25) is 0 Å². The fourth-order valence-corrected chi connectivity index (χ4v) is 1.60. The molecule has 0 aromatic carbocycles.